The van der Waals surface area contributed by atoms with Crippen LogP contribution in [0, 0.1) is 0 Å². The normalized spacial score (nSPS) is 10.7. The highest BCUT2D eigenvalue weighted by Crippen LogP contribution is 2.24. The summed E-state index contributed by atoms with van der Waals surface area (Å²) in [5, 5.41) is 11.8. The maximum Gasteiger partial charge on any atom is 0.217 e. The smallest absolute Gasteiger partial charge is 0.217 e. The topological polar surface area (TPSA) is 76.9 Å². The number of Topliss-reactive ketones (excluding diaryl/α,β-unsaturated/α-hetero) is 1. The molecule has 0 radical (unpaired) electrons. The standard InChI is InChI=1S/C18H18N4O2S2/c1-12(23)19-10-14-8-9-16(26-14)15(24)11-25-18-21-20-17(22(18)2)13-6-4-3-5-7-13/h3-9H,10-11H2,1-2H3,(H,19,23). The number of aromatic nitrogens is 3. The van der Waals surface area contributed by atoms with Crippen molar-refractivity contribution in [3.8, 4) is 11.4 Å². The minimum atomic E-state index is -0.0849. The fourth-order valence-electron chi connectivity index (χ4n) is 2.31. The van der Waals surface area contributed by atoms with Crippen LogP contribution in [0.25, 0.3) is 11.4 Å². The fourth-order valence-corrected chi connectivity index (χ4v) is 4.09. The summed E-state index contributed by atoms with van der Waals surface area (Å²) < 4.78 is 1.89. The highest BCUT2D eigenvalue weighted by Gasteiger charge is 2.15. The summed E-state index contributed by atoms with van der Waals surface area (Å²) in [6, 6.07) is 13.5. The molecule has 2 heterocycles. The van der Waals surface area contributed by atoms with Gasteiger partial charge in [0.05, 0.1) is 17.2 Å². The molecule has 0 aliphatic carbocycles. The lowest BCUT2D eigenvalue weighted by molar-refractivity contribution is -0.119. The number of benzene rings is 1. The third-order valence-electron chi connectivity index (χ3n) is 3.65. The van der Waals surface area contributed by atoms with Crippen LogP contribution < -0.4 is 5.32 Å². The molecule has 0 aliphatic heterocycles. The maximum atomic E-state index is 12.4. The number of thioether (sulfide) groups is 1. The van der Waals surface area contributed by atoms with Crippen molar-refractivity contribution in [3.63, 3.8) is 0 Å². The van der Waals surface area contributed by atoms with E-state index < -0.39 is 0 Å². The molecule has 1 N–H and O–H groups in total. The number of carbonyl (C=O) groups excluding carboxylic acids is 2. The van der Waals surface area contributed by atoms with Crippen molar-refractivity contribution < 1.29 is 9.59 Å². The van der Waals surface area contributed by atoms with E-state index in [4.69, 9.17) is 0 Å². The number of nitrogens with one attached hydrogen (secondary N) is 1. The van der Waals surface area contributed by atoms with Crippen molar-refractivity contribution in [2.75, 3.05) is 5.75 Å². The van der Waals surface area contributed by atoms with Gasteiger partial charge in [-0.15, -0.1) is 21.5 Å². The van der Waals surface area contributed by atoms with Crippen molar-refractivity contribution in [1.29, 1.82) is 0 Å². The van der Waals surface area contributed by atoms with Gasteiger partial charge < -0.3 is 9.88 Å². The molecule has 3 rings (SSSR count). The number of carbonyl (C=O) groups is 2. The van der Waals surface area contributed by atoms with Gasteiger partial charge in [0, 0.05) is 24.4 Å². The highest BCUT2D eigenvalue weighted by atomic mass is 32.2. The summed E-state index contributed by atoms with van der Waals surface area (Å²) in [6.07, 6.45) is 0. The summed E-state index contributed by atoms with van der Waals surface area (Å²) in [4.78, 5) is 25.0. The van der Waals surface area contributed by atoms with E-state index in [9.17, 15) is 9.59 Å². The molecule has 0 spiro atoms. The first kappa shape index (κ1) is 18.3. The third-order valence-corrected chi connectivity index (χ3v) is 5.79. The van der Waals surface area contributed by atoms with E-state index in [1.165, 1.54) is 30.0 Å². The van der Waals surface area contributed by atoms with E-state index in [1.54, 1.807) is 6.07 Å². The lowest BCUT2D eigenvalue weighted by Crippen LogP contribution is -2.18. The van der Waals surface area contributed by atoms with Gasteiger partial charge in [0.2, 0.25) is 5.91 Å². The monoisotopic (exact) mass is 386 g/mol. The first-order valence-corrected chi connectivity index (χ1v) is 9.79. The van der Waals surface area contributed by atoms with Crippen LogP contribution in [0.15, 0.2) is 47.6 Å². The second kappa shape index (κ2) is 8.29. The number of nitrogens with zero attached hydrogens (tertiary/aromatic N) is 3. The second-order valence-electron chi connectivity index (χ2n) is 5.62. The lowest BCUT2D eigenvalue weighted by Gasteiger charge is -2.03. The van der Waals surface area contributed by atoms with Gasteiger partial charge in [0.25, 0.3) is 0 Å². The highest BCUT2D eigenvalue weighted by molar-refractivity contribution is 7.99. The summed E-state index contributed by atoms with van der Waals surface area (Å²) >= 11 is 2.77. The largest absolute Gasteiger partial charge is 0.351 e. The van der Waals surface area contributed by atoms with Crippen LogP contribution in [0.2, 0.25) is 0 Å². The average Bonchev–Trinajstić information content (AvgIpc) is 3.26. The molecule has 134 valence electrons. The van der Waals surface area contributed by atoms with Crippen LogP contribution in [0.4, 0.5) is 0 Å². The Balaban J connectivity index is 1.62. The number of hydrogen-bond donors (Lipinski definition) is 1. The quantitative estimate of drug-likeness (QED) is 0.499. The van der Waals surface area contributed by atoms with Crippen LogP contribution in [0.5, 0.6) is 0 Å². The van der Waals surface area contributed by atoms with E-state index >= 15 is 0 Å². The van der Waals surface area contributed by atoms with Gasteiger partial charge in [-0.05, 0) is 12.1 Å². The Hall–Kier alpha value is -2.45. The Morgan fingerprint density at radius 2 is 1.92 bits per heavy atom. The van der Waals surface area contributed by atoms with Gasteiger partial charge in [0.15, 0.2) is 16.8 Å². The Kier molecular flexibility index (Phi) is 5.85. The minimum absolute atomic E-state index is 0.0401. The summed E-state index contributed by atoms with van der Waals surface area (Å²) in [7, 11) is 1.89. The van der Waals surface area contributed by atoms with Crippen LogP contribution in [0.1, 0.15) is 21.5 Å². The molecule has 0 aliphatic rings. The van der Waals surface area contributed by atoms with E-state index in [1.807, 2.05) is 48.0 Å². The predicted molar refractivity (Wildman–Crippen MR) is 103 cm³/mol. The van der Waals surface area contributed by atoms with Crippen LogP contribution in [-0.2, 0) is 18.4 Å². The Morgan fingerprint density at radius 3 is 2.65 bits per heavy atom. The van der Waals surface area contributed by atoms with Crippen molar-refractivity contribution >= 4 is 34.8 Å². The molecular formula is C18H18N4O2S2. The van der Waals surface area contributed by atoms with Crippen molar-refractivity contribution in [1.82, 2.24) is 20.1 Å². The van der Waals surface area contributed by atoms with Crippen molar-refractivity contribution in [2.24, 2.45) is 7.05 Å². The molecular weight excluding hydrogens is 368 g/mol. The molecule has 1 aromatic carbocycles. The molecule has 3 aromatic rings. The molecule has 0 bridgehead atoms. The van der Waals surface area contributed by atoms with Crippen molar-refractivity contribution in [2.45, 2.75) is 18.6 Å². The molecule has 0 unspecified atom stereocenters. The minimum Gasteiger partial charge on any atom is -0.351 e. The van der Waals surface area contributed by atoms with E-state index in [0.29, 0.717) is 22.3 Å². The number of thiophene rings is 1. The van der Waals surface area contributed by atoms with Gasteiger partial charge in [-0.2, -0.15) is 0 Å². The molecule has 0 atom stereocenters. The fraction of sp³-hybridized carbons (Fsp3) is 0.222. The number of hydrogen-bond acceptors (Lipinski definition) is 6. The number of amides is 1. The zero-order valence-corrected chi connectivity index (χ0v) is 16.1. The van der Waals surface area contributed by atoms with Crippen molar-refractivity contribution in [3.05, 3.63) is 52.2 Å². The molecule has 0 saturated carbocycles. The molecule has 6 nitrogen and oxygen atoms in total. The zero-order valence-electron chi connectivity index (χ0n) is 14.4. The van der Waals surface area contributed by atoms with Gasteiger partial charge in [0.1, 0.15) is 0 Å². The van der Waals surface area contributed by atoms with E-state index in [2.05, 4.69) is 15.5 Å². The van der Waals surface area contributed by atoms with Crippen LogP contribution in [0.3, 0.4) is 0 Å². The Bertz CT molecular complexity index is 918. The van der Waals surface area contributed by atoms with Crippen LogP contribution >= 0.6 is 23.1 Å². The van der Waals surface area contributed by atoms with E-state index in [0.717, 1.165) is 16.3 Å². The second-order valence-corrected chi connectivity index (χ2v) is 7.73. The number of rotatable bonds is 7. The van der Waals surface area contributed by atoms with Gasteiger partial charge in [-0.1, -0.05) is 42.1 Å². The first-order chi connectivity index (χ1) is 12.5. The molecule has 0 fully saturated rings. The lowest BCUT2D eigenvalue weighted by atomic mass is 10.2. The molecule has 1 amide bonds. The number of ketones is 1. The Morgan fingerprint density at radius 1 is 1.15 bits per heavy atom. The van der Waals surface area contributed by atoms with Gasteiger partial charge in [-0.3, -0.25) is 9.59 Å². The zero-order chi connectivity index (χ0) is 18.5. The molecule has 0 saturated heterocycles. The summed E-state index contributed by atoms with van der Waals surface area (Å²) in [5.41, 5.74) is 0.988. The SMILES string of the molecule is CC(=O)NCc1ccc(C(=O)CSc2nnc(-c3ccccc3)n2C)s1. The Labute approximate surface area is 159 Å². The maximum absolute atomic E-state index is 12.4. The third kappa shape index (κ3) is 4.39. The molecule has 2 aromatic heterocycles. The summed E-state index contributed by atoms with van der Waals surface area (Å²) in [6.45, 7) is 1.92. The first-order valence-electron chi connectivity index (χ1n) is 7.98. The van der Waals surface area contributed by atoms with Gasteiger partial charge >= 0.3 is 0 Å². The van der Waals surface area contributed by atoms with E-state index in [-0.39, 0.29) is 11.7 Å². The average molecular weight is 387 g/mol. The van der Waals surface area contributed by atoms with Gasteiger partial charge in [-0.25, -0.2) is 0 Å². The molecule has 8 heteroatoms. The molecule has 26 heavy (non-hydrogen) atoms. The van der Waals surface area contributed by atoms with Crippen LogP contribution in [-0.4, -0.2) is 32.2 Å². The predicted octanol–water partition coefficient (Wildman–Crippen LogP) is 3.15. The summed E-state index contributed by atoms with van der Waals surface area (Å²) in [5.74, 6) is 1.02.